The minimum Gasteiger partial charge on any atom is -0.340 e. The molecular formula is C23H25ClN6O2. The Balaban J connectivity index is 1.30. The number of hydrogen-bond acceptors (Lipinski definition) is 5. The topological polar surface area (TPSA) is 83.4 Å². The summed E-state index contributed by atoms with van der Waals surface area (Å²) < 4.78 is 1.57. The smallest absolute Gasteiger partial charge is 0.238 e. The fraction of sp³-hybridized carbons (Fsp3) is 0.304. The number of piperazine rings is 1. The lowest BCUT2D eigenvalue weighted by molar-refractivity contribution is -0.132. The molecule has 4 rings (SSSR count). The lowest BCUT2D eigenvalue weighted by atomic mass is 10.1. The molecule has 0 unspecified atom stereocenters. The number of aromatic nitrogens is 3. The first-order chi connectivity index (χ1) is 15.5. The van der Waals surface area contributed by atoms with Crippen LogP contribution in [0.1, 0.15) is 11.1 Å². The quantitative estimate of drug-likeness (QED) is 0.621. The summed E-state index contributed by atoms with van der Waals surface area (Å²) in [7, 11) is 0. The van der Waals surface area contributed by atoms with Crippen molar-refractivity contribution in [3.8, 4) is 5.69 Å². The van der Waals surface area contributed by atoms with Crippen LogP contribution in [0.3, 0.4) is 0 Å². The van der Waals surface area contributed by atoms with Crippen molar-refractivity contribution in [1.82, 2.24) is 24.6 Å². The summed E-state index contributed by atoms with van der Waals surface area (Å²) >= 11 is 6.12. The molecule has 2 aromatic carbocycles. The van der Waals surface area contributed by atoms with Gasteiger partial charge in [0.1, 0.15) is 12.7 Å². The maximum Gasteiger partial charge on any atom is 0.238 e. The summed E-state index contributed by atoms with van der Waals surface area (Å²) in [6, 6.07) is 13.2. The van der Waals surface area contributed by atoms with E-state index in [9.17, 15) is 9.59 Å². The Morgan fingerprint density at radius 1 is 1.09 bits per heavy atom. The number of anilines is 1. The third-order valence-corrected chi connectivity index (χ3v) is 5.83. The van der Waals surface area contributed by atoms with Crippen LogP contribution in [0.5, 0.6) is 0 Å². The van der Waals surface area contributed by atoms with Crippen molar-refractivity contribution in [2.75, 3.05) is 38.0 Å². The maximum atomic E-state index is 12.7. The van der Waals surface area contributed by atoms with Gasteiger partial charge in [0.25, 0.3) is 0 Å². The van der Waals surface area contributed by atoms with Crippen LogP contribution < -0.4 is 5.32 Å². The Labute approximate surface area is 191 Å². The van der Waals surface area contributed by atoms with Gasteiger partial charge < -0.3 is 10.2 Å². The number of nitrogens with one attached hydrogen (secondary N) is 1. The predicted molar refractivity (Wildman–Crippen MR) is 123 cm³/mol. The minimum absolute atomic E-state index is 0.125. The SMILES string of the molecule is Cc1ccccc1CC(=O)N1CCN(CC(=O)Nc2cc(Cl)ccc2-n2cncn2)CC1. The average molecular weight is 453 g/mol. The molecule has 166 valence electrons. The second kappa shape index (κ2) is 9.93. The van der Waals surface area contributed by atoms with Crippen LogP contribution in [-0.4, -0.2) is 69.1 Å². The van der Waals surface area contributed by atoms with Crippen LogP contribution in [-0.2, 0) is 16.0 Å². The van der Waals surface area contributed by atoms with Crippen molar-refractivity contribution in [2.24, 2.45) is 0 Å². The largest absolute Gasteiger partial charge is 0.340 e. The first kappa shape index (κ1) is 22.0. The molecular weight excluding hydrogens is 428 g/mol. The third-order valence-electron chi connectivity index (χ3n) is 5.59. The van der Waals surface area contributed by atoms with Gasteiger partial charge in [0.2, 0.25) is 11.8 Å². The summed E-state index contributed by atoms with van der Waals surface area (Å²) in [6.07, 6.45) is 3.40. The van der Waals surface area contributed by atoms with E-state index >= 15 is 0 Å². The van der Waals surface area contributed by atoms with Gasteiger partial charge >= 0.3 is 0 Å². The Morgan fingerprint density at radius 3 is 2.59 bits per heavy atom. The van der Waals surface area contributed by atoms with Gasteiger partial charge in [-0.15, -0.1) is 0 Å². The van der Waals surface area contributed by atoms with E-state index in [2.05, 4.69) is 15.4 Å². The molecule has 1 saturated heterocycles. The molecule has 1 fully saturated rings. The van der Waals surface area contributed by atoms with Crippen LogP contribution in [0.15, 0.2) is 55.1 Å². The normalized spacial score (nSPS) is 14.4. The van der Waals surface area contributed by atoms with E-state index in [0.29, 0.717) is 49.0 Å². The number of nitrogens with zero attached hydrogens (tertiary/aromatic N) is 5. The van der Waals surface area contributed by atoms with Gasteiger partial charge in [-0.25, -0.2) is 9.67 Å². The van der Waals surface area contributed by atoms with Crippen molar-refractivity contribution >= 4 is 29.1 Å². The zero-order chi connectivity index (χ0) is 22.5. The molecule has 2 amide bonds. The first-order valence-corrected chi connectivity index (χ1v) is 10.9. The number of benzene rings is 2. The van der Waals surface area contributed by atoms with E-state index in [1.807, 2.05) is 41.0 Å². The number of carbonyl (C=O) groups excluding carboxylic acids is 2. The summed E-state index contributed by atoms with van der Waals surface area (Å²) in [6.45, 7) is 4.78. The van der Waals surface area contributed by atoms with Gasteiger partial charge in [-0.2, -0.15) is 5.10 Å². The molecule has 0 atom stereocenters. The highest BCUT2D eigenvalue weighted by Crippen LogP contribution is 2.24. The van der Waals surface area contributed by atoms with E-state index in [0.717, 1.165) is 11.1 Å². The molecule has 8 nitrogen and oxygen atoms in total. The lowest BCUT2D eigenvalue weighted by Gasteiger charge is -2.34. The second-order valence-electron chi connectivity index (χ2n) is 7.81. The predicted octanol–water partition coefficient (Wildman–Crippen LogP) is 2.55. The van der Waals surface area contributed by atoms with E-state index in [4.69, 9.17) is 11.6 Å². The molecule has 0 spiro atoms. The Hall–Kier alpha value is -3.23. The molecule has 0 aliphatic carbocycles. The van der Waals surface area contributed by atoms with E-state index in [1.165, 1.54) is 6.33 Å². The number of aryl methyl sites for hydroxylation is 1. The molecule has 1 N–H and O–H groups in total. The van der Waals surface area contributed by atoms with Crippen LogP contribution in [0.2, 0.25) is 5.02 Å². The zero-order valence-corrected chi connectivity index (χ0v) is 18.6. The maximum absolute atomic E-state index is 12.7. The Kier molecular flexibility index (Phi) is 6.82. The van der Waals surface area contributed by atoms with Gasteiger partial charge in [-0.3, -0.25) is 14.5 Å². The van der Waals surface area contributed by atoms with Crippen molar-refractivity contribution in [2.45, 2.75) is 13.3 Å². The fourth-order valence-corrected chi connectivity index (χ4v) is 3.94. The molecule has 1 aliphatic rings. The Morgan fingerprint density at radius 2 is 1.88 bits per heavy atom. The number of hydrogen-bond donors (Lipinski definition) is 1. The van der Waals surface area contributed by atoms with Gasteiger partial charge in [0.05, 0.1) is 24.3 Å². The zero-order valence-electron chi connectivity index (χ0n) is 17.9. The first-order valence-electron chi connectivity index (χ1n) is 10.5. The van der Waals surface area contributed by atoms with Crippen molar-refractivity contribution < 1.29 is 9.59 Å². The van der Waals surface area contributed by atoms with Gasteiger partial charge in [0.15, 0.2) is 0 Å². The average Bonchev–Trinajstić information content (AvgIpc) is 3.30. The van der Waals surface area contributed by atoms with E-state index in [-0.39, 0.29) is 18.4 Å². The number of halogens is 1. The second-order valence-corrected chi connectivity index (χ2v) is 8.25. The summed E-state index contributed by atoms with van der Waals surface area (Å²) in [4.78, 5) is 33.2. The molecule has 9 heteroatoms. The fourth-order valence-electron chi connectivity index (χ4n) is 3.77. The molecule has 0 bridgehead atoms. The molecule has 1 aliphatic heterocycles. The highest BCUT2D eigenvalue weighted by atomic mass is 35.5. The monoisotopic (exact) mass is 452 g/mol. The van der Waals surface area contributed by atoms with Gasteiger partial charge in [0, 0.05) is 31.2 Å². The lowest BCUT2D eigenvalue weighted by Crippen LogP contribution is -2.50. The number of rotatable bonds is 6. The minimum atomic E-state index is -0.145. The molecule has 3 aromatic rings. The molecule has 0 saturated carbocycles. The summed E-state index contributed by atoms with van der Waals surface area (Å²) in [5.74, 6) is -0.0203. The van der Waals surface area contributed by atoms with Crippen LogP contribution >= 0.6 is 11.6 Å². The van der Waals surface area contributed by atoms with Crippen LogP contribution in [0.25, 0.3) is 5.69 Å². The van der Waals surface area contributed by atoms with E-state index < -0.39 is 0 Å². The molecule has 1 aromatic heterocycles. The number of carbonyl (C=O) groups is 2. The van der Waals surface area contributed by atoms with Crippen molar-refractivity contribution in [3.63, 3.8) is 0 Å². The highest BCUT2D eigenvalue weighted by molar-refractivity contribution is 6.31. The Bertz CT molecular complexity index is 1090. The van der Waals surface area contributed by atoms with Crippen LogP contribution in [0.4, 0.5) is 5.69 Å². The van der Waals surface area contributed by atoms with E-state index in [1.54, 1.807) is 29.2 Å². The van der Waals surface area contributed by atoms with Crippen molar-refractivity contribution in [1.29, 1.82) is 0 Å². The van der Waals surface area contributed by atoms with Crippen LogP contribution in [0, 0.1) is 6.92 Å². The van der Waals surface area contributed by atoms with Gasteiger partial charge in [-0.1, -0.05) is 35.9 Å². The third kappa shape index (κ3) is 5.33. The summed E-state index contributed by atoms with van der Waals surface area (Å²) in [5.41, 5.74) is 3.44. The summed E-state index contributed by atoms with van der Waals surface area (Å²) in [5, 5.41) is 7.57. The standard InChI is InChI=1S/C23H25ClN6O2/c1-17-4-2-3-5-18(17)12-23(32)29-10-8-28(9-11-29)14-22(31)27-20-13-19(24)6-7-21(20)30-16-25-15-26-30/h2-7,13,15-16H,8-12,14H2,1H3,(H,27,31). The molecule has 2 heterocycles. The number of amides is 2. The molecule has 0 radical (unpaired) electrons. The highest BCUT2D eigenvalue weighted by Gasteiger charge is 2.23. The van der Waals surface area contributed by atoms with Gasteiger partial charge in [-0.05, 0) is 36.2 Å². The molecule has 32 heavy (non-hydrogen) atoms. The van der Waals surface area contributed by atoms with Crippen molar-refractivity contribution in [3.05, 3.63) is 71.3 Å².